The summed E-state index contributed by atoms with van der Waals surface area (Å²) in [7, 11) is -3.76. The fourth-order valence-electron chi connectivity index (χ4n) is 1.58. The second-order valence-corrected chi connectivity index (χ2v) is 6.51. The Bertz CT molecular complexity index is 584. The summed E-state index contributed by atoms with van der Waals surface area (Å²) in [5.74, 6) is -3.33. The van der Waals surface area contributed by atoms with Gasteiger partial charge in [0.2, 0.25) is 5.91 Å². The second-order valence-electron chi connectivity index (χ2n) is 4.45. The van der Waals surface area contributed by atoms with Crippen molar-refractivity contribution in [2.24, 2.45) is 0 Å². The predicted molar refractivity (Wildman–Crippen MR) is 75.1 cm³/mol. The highest BCUT2D eigenvalue weighted by Gasteiger charge is 2.26. The Morgan fingerprint density at radius 2 is 1.90 bits per heavy atom. The number of benzene rings is 1. The maximum absolute atomic E-state index is 11.8. The Labute approximate surface area is 122 Å². The van der Waals surface area contributed by atoms with Crippen LogP contribution in [0.5, 0.6) is 0 Å². The van der Waals surface area contributed by atoms with Crippen LogP contribution in [0.15, 0.2) is 30.3 Å². The van der Waals surface area contributed by atoms with E-state index in [0.29, 0.717) is 0 Å². The molecule has 0 saturated heterocycles. The lowest BCUT2D eigenvalue weighted by Crippen LogP contribution is -2.45. The van der Waals surface area contributed by atoms with E-state index in [9.17, 15) is 18.0 Å². The molecule has 0 fully saturated rings. The van der Waals surface area contributed by atoms with E-state index < -0.39 is 39.4 Å². The van der Waals surface area contributed by atoms with Gasteiger partial charge in [-0.3, -0.25) is 4.79 Å². The maximum Gasteiger partial charge on any atom is 0.327 e. The Kier molecular flexibility index (Phi) is 6.32. The van der Waals surface area contributed by atoms with E-state index in [0.717, 1.165) is 12.5 Å². The molecule has 1 atom stereocenters. The van der Waals surface area contributed by atoms with Crippen LogP contribution in [0.2, 0.25) is 0 Å². The van der Waals surface area contributed by atoms with Crippen molar-refractivity contribution in [3.63, 3.8) is 0 Å². The Hall–Kier alpha value is -1.93. The quantitative estimate of drug-likeness (QED) is 0.707. The lowest BCUT2D eigenvalue weighted by Gasteiger charge is -2.13. The fourth-order valence-corrected chi connectivity index (χ4v) is 2.75. The largest absolute Gasteiger partial charge is 0.480 e. The summed E-state index contributed by atoms with van der Waals surface area (Å²) in [4.78, 5) is 21.7. The van der Waals surface area contributed by atoms with E-state index in [1.807, 2.05) is 6.07 Å². The topological polar surface area (TPSA) is 110 Å². The van der Waals surface area contributed by atoms with E-state index in [1.165, 1.54) is 0 Å². The third kappa shape index (κ3) is 6.87. The Balaban J connectivity index is 2.52. The van der Waals surface area contributed by atoms with Crippen molar-refractivity contribution in [3.05, 3.63) is 35.9 Å². The van der Waals surface area contributed by atoms with Gasteiger partial charge >= 0.3 is 5.97 Å². The molecule has 1 aromatic carbocycles. The molecule has 0 unspecified atom stereocenters. The minimum Gasteiger partial charge on any atom is -0.480 e. The number of rotatable bonds is 8. The highest BCUT2D eigenvalue weighted by atomic mass is 32.2. The molecule has 116 valence electrons. The van der Waals surface area contributed by atoms with Crippen molar-refractivity contribution >= 4 is 21.7 Å². The van der Waals surface area contributed by atoms with Crippen molar-refractivity contribution < 1.29 is 27.9 Å². The molecule has 0 aromatic heterocycles. The normalized spacial score (nSPS) is 12.6. The molecule has 8 heteroatoms. The standard InChI is InChI=1S/C13H17NO6S/c1-10(15)14-12(13(16)17)8-21(18,19)9-20-7-11-5-3-2-4-6-11/h2-6,12H,7-9H2,1H3,(H,14,15)(H,16,17)/t12-/m0/s1. The van der Waals surface area contributed by atoms with Crippen LogP contribution < -0.4 is 5.32 Å². The van der Waals surface area contributed by atoms with Crippen molar-refractivity contribution in [2.75, 3.05) is 11.7 Å². The molecule has 0 spiro atoms. The number of carboxylic acid groups (broad SMARTS) is 1. The molecule has 1 amide bonds. The van der Waals surface area contributed by atoms with Gasteiger partial charge in [-0.25, -0.2) is 13.2 Å². The highest BCUT2D eigenvalue weighted by molar-refractivity contribution is 7.91. The molecule has 7 nitrogen and oxygen atoms in total. The first-order valence-electron chi connectivity index (χ1n) is 6.12. The lowest BCUT2D eigenvalue weighted by molar-refractivity contribution is -0.140. The van der Waals surface area contributed by atoms with Crippen molar-refractivity contribution in [1.82, 2.24) is 5.32 Å². The molecule has 1 rings (SSSR count). The number of ether oxygens (including phenoxy) is 1. The number of amides is 1. The molecule has 0 radical (unpaired) electrons. The zero-order valence-corrected chi connectivity index (χ0v) is 12.3. The smallest absolute Gasteiger partial charge is 0.327 e. The summed E-state index contributed by atoms with van der Waals surface area (Å²) in [6, 6.07) is 7.50. The van der Waals surface area contributed by atoms with Gasteiger partial charge < -0.3 is 15.2 Å². The first-order chi connectivity index (χ1) is 9.80. The minimum absolute atomic E-state index is 0.109. The molecule has 0 aliphatic rings. The van der Waals surface area contributed by atoms with Gasteiger partial charge in [-0.1, -0.05) is 30.3 Å². The van der Waals surface area contributed by atoms with Crippen LogP contribution in [0.3, 0.4) is 0 Å². The van der Waals surface area contributed by atoms with Gasteiger partial charge in [0.1, 0.15) is 12.0 Å². The molecule has 0 aliphatic carbocycles. The summed E-state index contributed by atoms with van der Waals surface area (Å²) < 4.78 is 28.6. The predicted octanol–water partition coefficient (Wildman–Crippen LogP) is 0.165. The first kappa shape index (κ1) is 17.1. The number of carboxylic acids is 1. The van der Waals surface area contributed by atoms with Gasteiger partial charge in [0.25, 0.3) is 0 Å². The third-order valence-electron chi connectivity index (χ3n) is 2.47. The van der Waals surface area contributed by atoms with E-state index in [-0.39, 0.29) is 6.61 Å². The second kappa shape index (κ2) is 7.75. The van der Waals surface area contributed by atoms with Gasteiger partial charge in [0, 0.05) is 6.92 Å². The number of carbonyl (C=O) groups is 2. The molecule has 2 N–H and O–H groups in total. The van der Waals surface area contributed by atoms with Gasteiger partial charge in [0.15, 0.2) is 9.84 Å². The SMILES string of the molecule is CC(=O)N[C@@H](CS(=O)(=O)COCc1ccccc1)C(=O)O. The van der Waals surface area contributed by atoms with Crippen LogP contribution in [0.25, 0.3) is 0 Å². The third-order valence-corrected chi connectivity index (χ3v) is 3.84. The number of hydrogen-bond donors (Lipinski definition) is 2. The summed E-state index contributed by atoms with van der Waals surface area (Å²) in [5.41, 5.74) is 0.810. The van der Waals surface area contributed by atoms with Gasteiger partial charge in [-0.05, 0) is 5.56 Å². The Morgan fingerprint density at radius 3 is 2.43 bits per heavy atom. The van der Waals surface area contributed by atoms with E-state index in [2.05, 4.69) is 5.32 Å². The molecule has 0 aliphatic heterocycles. The van der Waals surface area contributed by atoms with Gasteiger partial charge in [0.05, 0.1) is 12.4 Å². The monoisotopic (exact) mass is 315 g/mol. The van der Waals surface area contributed by atoms with Crippen LogP contribution in [-0.2, 0) is 30.8 Å². The highest BCUT2D eigenvalue weighted by Crippen LogP contribution is 2.03. The molecule has 0 saturated carbocycles. The van der Waals surface area contributed by atoms with Crippen LogP contribution in [0.1, 0.15) is 12.5 Å². The van der Waals surface area contributed by atoms with E-state index in [4.69, 9.17) is 9.84 Å². The van der Waals surface area contributed by atoms with Crippen LogP contribution in [-0.4, -0.2) is 43.1 Å². The summed E-state index contributed by atoms with van der Waals surface area (Å²) in [6.07, 6.45) is 0. The van der Waals surface area contributed by atoms with Gasteiger partial charge in [-0.2, -0.15) is 0 Å². The number of nitrogens with one attached hydrogen (secondary N) is 1. The van der Waals surface area contributed by atoms with Crippen LogP contribution in [0.4, 0.5) is 0 Å². The zero-order chi connectivity index (χ0) is 15.9. The average molecular weight is 315 g/mol. The molecule has 0 bridgehead atoms. The number of hydrogen-bond acceptors (Lipinski definition) is 5. The molecule has 1 aromatic rings. The van der Waals surface area contributed by atoms with Crippen molar-refractivity contribution in [3.8, 4) is 0 Å². The fraction of sp³-hybridized carbons (Fsp3) is 0.385. The van der Waals surface area contributed by atoms with E-state index >= 15 is 0 Å². The van der Waals surface area contributed by atoms with Gasteiger partial charge in [-0.15, -0.1) is 0 Å². The number of aliphatic carboxylic acids is 1. The maximum atomic E-state index is 11.8. The van der Waals surface area contributed by atoms with Crippen molar-refractivity contribution in [2.45, 2.75) is 19.6 Å². The summed E-state index contributed by atoms with van der Waals surface area (Å²) >= 11 is 0. The average Bonchev–Trinajstić information content (AvgIpc) is 2.38. The lowest BCUT2D eigenvalue weighted by atomic mass is 10.2. The summed E-state index contributed by atoms with van der Waals surface area (Å²) in [5, 5.41) is 10.9. The number of sulfone groups is 1. The van der Waals surface area contributed by atoms with Crippen LogP contribution >= 0.6 is 0 Å². The number of carbonyl (C=O) groups excluding carboxylic acids is 1. The first-order valence-corrected chi connectivity index (χ1v) is 7.94. The van der Waals surface area contributed by atoms with E-state index in [1.54, 1.807) is 24.3 Å². The van der Waals surface area contributed by atoms with Crippen molar-refractivity contribution in [1.29, 1.82) is 0 Å². The summed E-state index contributed by atoms with van der Waals surface area (Å²) in [6.45, 7) is 1.23. The minimum atomic E-state index is -3.76. The molecule has 21 heavy (non-hydrogen) atoms. The molecular weight excluding hydrogens is 298 g/mol. The van der Waals surface area contributed by atoms with Crippen LogP contribution in [0, 0.1) is 0 Å². The molecule has 0 heterocycles. The molecular formula is C13H17NO6S. The zero-order valence-electron chi connectivity index (χ0n) is 11.5. The Morgan fingerprint density at radius 1 is 1.29 bits per heavy atom.